The molecule has 4 aromatic rings. The summed E-state index contributed by atoms with van der Waals surface area (Å²) in [4.78, 5) is 16.4. The maximum absolute atomic E-state index is 14.3. The Morgan fingerprint density at radius 1 is 1.33 bits per heavy atom. The van der Waals surface area contributed by atoms with E-state index in [-0.39, 0.29) is 17.1 Å². The summed E-state index contributed by atoms with van der Waals surface area (Å²) < 4.78 is 24.9. The Morgan fingerprint density at radius 3 is 2.93 bits per heavy atom. The fourth-order valence-electron chi connectivity index (χ4n) is 2.33. The van der Waals surface area contributed by atoms with Gasteiger partial charge in [-0.05, 0) is 31.2 Å². The van der Waals surface area contributed by atoms with Crippen molar-refractivity contribution in [3.63, 3.8) is 0 Å². The molecule has 0 aliphatic rings. The molecule has 0 saturated heterocycles. The van der Waals surface area contributed by atoms with Gasteiger partial charge in [0.2, 0.25) is 0 Å². The van der Waals surface area contributed by atoms with E-state index in [0.29, 0.717) is 16.6 Å². The summed E-state index contributed by atoms with van der Waals surface area (Å²) in [5, 5.41) is 11.4. The summed E-state index contributed by atoms with van der Waals surface area (Å²) in [6.07, 6.45) is 1.52. The number of amides is 1. The van der Waals surface area contributed by atoms with Crippen LogP contribution in [0.5, 0.6) is 10.9 Å². The van der Waals surface area contributed by atoms with Gasteiger partial charge in [0.1, 0.15) is 5.69 Å². The molecule has 1 aromatic carbocycles. The molecule has 0 fully saturated rings. The second-order valence-electron chi connectivity index (χ2n) is 5.60. The zero-order valence-electron chi connectivity index (χ0n) is 14.0. The lowest BCUT2D eigenvalue weighted by Crippen LogP contribution is -2.12. The number of furan rings is 1. The van der Waals surface area contributed by atoms with E-state index in [2.05, 4.69) is 20.5 Å². The molecular weight excluding hydrogens is 371 g/mol. The molecule has 9 heteroatoms. The summed E-state index contributed by atoms with van der Waals surface area (Å²) in [7, 11) is 0. The highest BCUT2D eigenvalue weighted by molar-refractivity contribution is 7.11. The number of benzene rings is 1. The van der Waals surface area contributed by atoms with Gasteiger partial charge >= 0.3 is 0 Å². The van der Waals surface area contributed by atoms with Crippen molar-refractivity contribution in [2.75, 3.05) is 5.32 Å². The molecule has 0 bridgehead atoms. The summed E-state index contributed by atoms with van der Waals surface area (Å²) in [5.41, 5.74) is 1.80. The van der Waals surface area contributed by atoms with Gasteiger partial charge in [-0.15, -0.1) is 0 Å². The van der Waals surface area contributed by atoms with Crippen molar-refractivity contribution in [3.05, 3.63) is 65.2 Å². The molecule has 7 nitrogen and oxygen atoms in total. The Bertz CT molecular complexity index is 1090. The number of aryl methyl sites for hydroxylation is 1. The van der Waals surface area contributed by atoms with Crippen LogP contribution in [0.15, 0.2) is 52.5 Å². The SMILES string of the molecule is Cc1csc(Oc2ccc(NC(=O)c3cc(-c4ccco4)[nH]n3)cc2F)n1. The van der Waals surface area contributed by atoms with Crippen molar-refractivity contribution in [2.45, 2.75) is 6.92 Å². The highest BCUT2D eigenvalue weighted by atomic mass is 32.1. The third-order valence-corrected chi connectivity index (χ3v) is 4.42. The topological polar surface area (TPSA) is 93.0 Å². The van der Waals surface area contributed by atoms with Gasteiger partial charge in [-0.1, -0.05) is 11.3 Å². The van der Waals surface area contributed by atoms with Crippen LogP contribution < -0.4 is 10.1 Å². The van der Waals surface area contributed by atoms with E-state index in [1.165, 1.54) is 35.8 Å². The van der Waals surface area contributed by atoms with Crippen LogP contribution >= 0.6 is 11.3 Å². The average molecular weight is 384 g/mol. The maximum Gasteiger partial charge on any atom is 0.278 e. The lowest BCUT2D eigenvalue weighted by molar-refractivity contribution is 0.102. The van der Waals surface area contributed by atoms with Crippen molar-refractivity contribution in [1.82, 2.24) is 15.2 Å². The Balaban J connectivity index is 1.46. The first-order valence-corrected chi connectivity index (χ1v) is 8.76. The molecule has 0 spiro atoms. The van der Waals surface area contributed by atoms with E-state index < -0.39 is 11.7 Å². The van der Waals surface area contributed by atoms with Crippen LogP contribution in [0.1, 0.15) is 16.2 Å². The number of thiazole rings is 1. The van der Waals surface area contributed by atoms with Gasteiger partial charge in [-0.2, -0.15) is 5.10 Å². The molecule has 136 valence electrons. The maximum atomic E-state index is 14.3. The largest absolute Gasteiger partial charge is 0.463 e. The zero-order chi connectivity index (χ0) is 18.8. The standard InChI is InChI=1S/C18H13FN4O3S/c1-10-9-27-18(20-10)26-15-5-4-11(7-12(15)19)21-17(24)14-8-13(22-23-14)16-3-2-6-25-16/h2-9H,1H3,(H,21,24)(H,22,23). The Morgan fingerprint density at radius 2 is 2.22 bits per heavy atom. The van der Waals surface area contributed by atoms with Gasteiger partial charge < -0.3 is 14.5 Å². The molecule has 0 unspecified atom stereocenters. The van der Waals surface area contributed by atoms with Crippen LogP contribution in [0.2, 0.25) is 0 Å². The quantitative estimate of drug-likeness (QED) is 0.524. The van der Waals surface area contributed by atoms with Crippen LogP contribution in [-0.2, 0) is 0 Å². The monoisotopic (exact) mass is 384 g/mol. The number of aromatic nitrogens is 3. The number of anilines is 1. The number of halogens is 1. The third kappa shape index (κ3) is 3.72. The van der Waals surface area contributed by atoms with Gasteiger partial charge in [0.25, 0.3) is 11.1 Å². The Labute approximate surface area is 156 Å². The number of hydrogen-bond donors (Lipinski definition) is 2. The minimum Gasteiger partial charge on any atom is -0.463 e. The molecule has 27 heavy (non-hydrogen) atoms. The lowest BCUT2D eigenvalue weighted by Gasteiger charge is -2.07. The van der Waals surface area contributed by atoms with Gasteiger partial charge in [0, 0.05) is 23.2 Å². The van der Waals surface area contributed by atoms with Crippen molar-refractivity contribution in [3.8, 4) is 22.4 Å². The van der Waals surface area contributed by atoms with E-state index in [9.17, 15) is 9.18 Å². The number of nitrogens with zero attached hydrogens (tertiary/aromatic N) is 2. The average Bonchev–Trinajstić information content (AvgIpc) is 3.38. The number of aromatic amines is 1. The number of rotatable bonds is 5. The van der Waals surface area contributed by atoms with E-state index >= 15 is 0 Å². The molecule has 2 N–H and O–H groups in total. The zero-order valence-corrected chi connectivity index (χ0v) is 14.8. The van der Waals surface area contributed by atoms with E-state index in [4.69, 9.17) is 9.15 Å². The van der Waals surface area contributed by atoms with E-state index in [1.807, 2.05) is 12.3 Å². The summed E-state index contributed by atoms with van der Waals surface area (Å²) in [5.74, 6) is -0.500. The first-order valence-electron chi connectivity index (χ1n) is 7.88. The number of H-pyrrole nitrogens is 1. The Kier molecular flexibility index (Phi) is 4.43. The van der Waals surface area contributed by atoms with Crippen LogP contribution in [0, 0.1) is 12.7 Å². The number of hydrogen-bond acceptors (Lipinski definition) is 6. The first-order chi connectivity index (χ1) is 13.1. The number of ether oxygens (including phenoxy) is 1. The molecule has 1 amide bonds. The Hall–Kier alpha value is -3.46. The minimum atomic E-state index is -0.612. The second kappa shape index (κ2) is 7.04. The van der Waals surface area contributed by atoms with Crippen LogP contribution in [0.4, 0.5) is 10.1 Å². The highest BCUT2D eigenvalue weighted by Crippen LogP contribution is 2.29. The number of carbonyl (C=O) groups excluding carboxylic acids is 1. The molecule has 3 heterocycles. The van der Waals surface area contributed by atoms with Gasteiger partial charge in [-0.25, -0.2) is 9.37 Å². The third-order valence-electron chi connectivity index (χ3n) is 3.58. The molecule has 0 aliphatic heterocycles. The fourth-order valence-corrected chi connectivity index (χ4v) is 2.98. The lowest BCUT2D eigenvalue weighted by atomic mass is 10.2. The minimum absolute atomic E-state index is 0.0298. The normalized spacial score (nSPS) is 10.7. The molecule has 0 radical (unpaired) electrons. The summed E-state index contributed by atoms with van der Waals surface area (Å²) in [6.45, 7) is 1.82. The van der Waals surface area contributed by atoms with E-state index in [0.717, 1.165) is 5.69 Å². The van der Waals surface area contributed by atoms with Gasteiger partial charge in [-0.3, -0.25) is 9.89 Å². The predicted octanol–water partition coefficient (Wildman–Crippen LogP) is 4.62. The van der Waals surface area contributed by atoms with Crippen molar-refractivity contribution < 1.29 is 18.3 Å². The molecule has 4 rings (SSSR count). The number of nitrogens with one attached hydrogen (secondary N) is 2. The second-order valence-corrected chi connectivity index (χ2v) is 6.42. The predicted molar refractivity (Wildman–Crippen MR) is 97.6 cm³/mol. The van der Waals surface area contributed by atoms with Crippen LogP contribution in [-0.4, -0.2) is 21.1 Å². The van der Waals surface area contributed by atoms with Gasteiger partial charge in [0.15, 0.2) is 23.0 Å². The van der Waals surface area contributed by atoms with Crippen molar-refractivity contribution >= 4 is 22.9 Å². The van der Waals surface area contributed by atoms with E-state index in [1.54, 1.807) is 18.2 Å². The first kappa shape index (κ1) is 17.0. The van der Waals surface area contributed by atoms with Crippen molar-refractivity contribution in [1.29, 1.82) is 0 Å². The molecule has 0 atom stereocenters. The van der Waals surface area contributed by atoms with Gasteiger partial charge in [0.05, 0.1) is 12.0 Å². The fraction of sp³-hybridized carbons (Fsp3) is 0.0556. The molecule has 0 aliphatic carbocycles. The molecule has 3 aromatic heterocycles. The smallest absolute Gasteiger partial charge is 0.278 e. The molecular formula is C18H13FN4O3S. The molecule has 0 saturated carbocycles. The highest BCUT2D eigenvalue weighted by Gasteiger charge is 2.14. The summed E-state index contributed by atoms with van der Waals surface area (Å²) in [6, 6.07) is 9.17. The number of carbonyl (C=O) groups is 1. The van der Waals surface area contributed by atoms with Crippen LogP contribution in [0.3, 0.4) is 0 Å². The van der Waals surface area contributed by atoms with Crippen LogP contribution in [0.25, 0.3) is 11.5 Å². The summed E-state index contributed by atoms with van der Waals surface area (Å²) >= 11 is 1.28. The van der Waals surface area contributed by atoms with Crippen molar-refractivity contribution in [2.24, 2.45) is 0 Å².